The second-order valence-corrected chi connectivity index (χ2v) is 11.2. The molecule has 9 heteroatoms. The van der Waals surface area contributed by atoms with Crippen molar-refractivity contribution in [1.82, 2.24) is 14.9 Å². The Bertz CT molecular complexity index is 928. The number of carbonyl (C=O) groups is 1. The van der Waals surface area contributed by atoms with E-state index in [1.54, 1.807) is 12.1 Å². The number of aryl methyl sites for hydroxylation is 1. The van der Waals surface area contributed by atoms with E-state index in [1.165, 1.54) is 0 Å². The molecule has 0 saturated heterocycles. The van der Waals surface area contributed by atoms with E-state index in [1.807, 2.05) is 53.7 Å². The molecule has 148 valence electrons. The van der Waals surface area contributed by atoms with Crippen LogP contribution < -0.4 is 10.0 Å². The maximum absolute atomic E-state index is 12.6. The van der Waals surface area contributed by atoms with Crippen LogP contribution in [0.25, 0.3) is 0 Å². The van der Waals surface area contributed by atoms with Gasteiger partial charge in [-0.05, 0) is 44.2 Å². The van der Waals surface area contributed by atoms with E-state index in [-0.39, 0.29) is 20.8 Å². The van der Waals surface area contributed by atoms with Crippen LogP contribution in [0, 0.1) is 12.3 Å². The summed E-state index contributed by atoms with van der Waals surface area (Å²) in [5, 5.41) is 10.3. The van der Waals surface area contributed by atoms with E-state index >= 15 is 0 Å². The van der Waals surface area contributed by atoms with E-state index < -0.39 is 15.6 Å². The van der Waals surface area contributed by atoms with Gasteiger partial charge in [-0.2, -0.15) is 0 Å². The summed E-state index contributed by atoms with van der Waals surface area (Å²) in [5.41, 5.74) is 0.632. The minimum absolute atomic E-state index is 0.0418. The molecule has 1 heterocycles. The lowest BCUT2D eigenvalue weighted by Crippen LogP contribution is -2.45. The molecule has 0 aliphatic carbocycles. The van der Waals surface area contributed by atoms with Gasteiger partial charge in [-0.1, -0.05) is 50.3 Å². The van der Waals surface area contributed by atoms with Crippen LogP contribution >= 0.6 is 11.3 Å². The lowest BCUT2D eigenvalue weighted by molar-refractivity contribution is 0.102. The molecule has 7 nitrogen and oxygen atoms in total. The van der Waals surface area contributed by atoms with E-state index in [0.717, 1.165) is 16.9 Å². The zero-order chi connectivity index (χ0) is 20.5. The molecule has 1 amide bonds. The first-order valence-electron chi connectivity index (χ1n) is 8.54. The van der Waals surface area contributed by atoms with Gasteiger partial charge in [0.1, 0.15) is 0 Å². The molecule has 0 aliphatic rings. The molecule has 1 aromatic heterocycles. The highest BCUT2D eigenvalue weighted by Gasteiger charge is 2.32. The first kappa shape index (κ1) is 21.5. The third kappa shape index (κ3) is 6.08. The number of anilines is 1. The molecule has 2 aromatic rings. The molecular formula is C18H26N4O3S2. The van der Waals surface area contributed by atoms with Crippen molar-refractivity contribution >= 4 is 32.4 Å². The van der Waals surface area contributed by atoms with Crippen molar-refractivity contribution in [2.24, 2.45) is 5.41 Å². The Morgan fingerprint density at radius 1 is 1.11 bits per heavy atom. The summed E-state index contributed by atoms with van der Waals surface area (Å²) < 4.78 is 27.8. The molecule has 0 fully saturated rings. The minimum atomic E-state index is -3.83. The zero-order valence-corrected chi connectivity index (χ0v) is 18.1. The Hall–Kier alpha value is -1.84. The molecule has 0 saturated carbocycles. The summed E-state index contributed by atoms with van der Waals surface area (Å²) in [6.07, 6.45) is 0.648. The lowest BCUT2D eigenvalue weighted by atomic mass is 9.82. The topological polar surface area (TPSA) is 101 Å². The summed E-state index contributed by atoms with van der Waals surface area (Å²) in [5.74, 6) is -0.353. The van der Waals surface area contributed by atoms with Gasteiger partial charge in [0.25, 0.3) is 15.9 Å². The average Bonchev–Trinajstić information content (AvgIpc) is 2.93. The standard InChI is InChI=1S/C18H26N4O3S2/c1-12-9-7-8-10-13(12)14(23)19-15-20-21-16(26-15)27(24,25)22-18(5,6)11-17(2,3)4/h7-10,22H,11H2,1-6H3,(H,19,20,23). The fraction of sp³-hybridized carbons (Fsp3) is 0.500. The number of rotatable bonds is 6. The van der Waals surface area contributed by atoms with Gasteiger partial charge in [0.05, 0.1) is 0 Å². The van der Waals surface area contributed by atoms with Crippen molar-refractivity contribution in [3.8, 4) is 0 Å². The van der Waals surface area contributed by atoms with Crippen molar-refractivity contribution < 1.29 is 13.2 Å². The molecule has 2 N–H and O–H groups in total. The van der Waals surface area contributed by atoms with Gasteiger partial charge in [-0.3, -0.25) is 10.1 Å². The smallest absolute Gasteiger partial charge is 0.270 e. The normalized spacial score (nSPS) is 12.8. The van der Waals surface area contributed by atoms with E-state index in [4.69, 9.17) is 0 Å². The van der Waals surface area contributed by atoms with E-state index in [9.17, 15) is 13.2 Å². The Morgan fingerprint density at radius 3 is 2.33 bits per heavy atom. The molecule has 0 spiro atoms. The van der Waals surface area contributed by atoms with Crippen LogP contribution in [0.15, 0.2) is 28.6 Å². The summed E-state index contributed by atoms with van der Waals surface area (Å²) in [7, 11) is -3.83. The highest BCUT2D eigenvalue weighted by molar-refractivity contribution is 7.91. The van der Waals surface area contributed by atoms with Crippen LogP contribution in [-0.4, -0.2) is 30.1 Å². The highest BCUT2D eigenvalue weighted by Crippen LogP contribution is 2.29. The van der Waals surface area contributed by atoms with Crippen LogP contribution in [0.5, 0.6) is 0 Å². The molecule has 0 aliphatic heterocycles. The number of hydrogen-bond acceptors (Lipinski definition) is 6. The molecule has 0 bridgehead atoms. The van der Waals surface area contributed by atoms with E-state index in [0.29, 0.717) is 12.0 Å². The van der Waals surface area contributed by atoms with Crippen LogP contribution in [0.2, 0.25) is 0 Å². The number of nitrogens with zero attached hydrogens (tertiary/aromatic N) is 2. The SMILES string of the molecule is Cc1ccccc1C(=O)Nc1nnc(S(=O)(=O)NC(C)(C)CC(C)(C)C)s1. The Balaban J connectivity index is 2.14. The Morgan fingerprint density at radius 2 is 1.74 bits per heavy atom. The lowest BCUT2D eigenvalue weighted by Gasteiger charge is -2.32. The number of aromatic nitrogens is 2. The van der Waals surface area contributed by atoms with E-state index in [2.05, 4.69) is 20.2 Å². The van der Waals surface area contributed by atoms with Gasteiger partial charge in [-0.25, -0.2) is 13.1 Å². The molecule has 0 atom stereocenters. The fourth-order valence-corrected chi connectivity index (χ4v) is 5.44. The summed E-state index contributed by atoms with van der Waals surface area (Å²) >= 11 is 0.823. The summed E-state index contributed by atoms with van der Waals surface area (Å²) in [6.45, 7) is 11.6. The van der Waals surface area contributed by atoms with Crippen molar-refractivity contribution in [3.63, 3.8) is 0 Å². The molecule has 1 aromatic carbocycles. The van der Waals surface area contributed by atoms with Crippen molar-refractivity contribution in [3.05, 3.63) is 35.4 Å². The first-order chi connectivity index (χ1) is 12.3. The number of nitrogens with one attached hydrogen (secondary N) is 2. The summed E-state index contributed by atoms with van der Waals surface area (Å²) in [4.78, 5) is 12.3. The van der Waals surface area contributed by atoms with Gasteiger partial charge in [0, 0.05) is 11.1 Å². The van der Waals surface area contributed by atoms with Gasteiger partial charge >= 0.3 is 0 Å². The number of hydrogen-bond donors (Lipinski definition) is 2. The number of carbonyl (C=O) groups excluding carboxylic acids is 1. The third-order valence-corrected chi connectivity index (χ3v) is 6.53. The van der Waals surface area contributed by atoms with Gasteiger partial charge in [0.15, 0.2) is 0 Å². The maximum atomic E-state index is 12.6. The van der Waals surface area contributed by atoms with Crippen LogP contribution in [0.1, 0.15) is 57.0 Å². The summed E-state index contributed by atoms with van der Waals surface area (Å²) in [6, 6.07) is 7.12. The predicted molar refractivity (Wildman–Crippen MR) is 108 cm³/mol. The molecule has 27 heavy (non-hydrogen) atoms. The fourth-order valence-electron chi connectivity index (χ4n) is 3.13. The second-order valence-electron chi connectivity index (χ2n) is 8.37. The molecule has 2 rings (SSSR count). The first-order valence-corrected chi connectivity index (χ1v) is 10.8. The third-order valence-electron chi connectivity index (χ3n) is 3.63. The number of benzene rings is 1. The van der Waals surface area contributed by atoms with Crippen molar-refractivity contribution in [2.45, 2.75) is 57.8 Å². The van der Waals surface area contributed by atoms with Gasteiger partial charge in [0.2, 0.25) is 9.47 Å². The average molecular weight is 411 g/mol. The van der Waals surface area contributed by atoms with Crippen molar-refractivity contribution in [2.75, 3.05) is 5.32 Å². The number of sulfonamides is 1. The van der Waals surface area contributed by atoms with Crippen LogP contribution in [-0.2, 0) is 10.0 Å². The zero-order valence-electron chi connectivity index (χ0n) is 16.5. The highest BCUT2D eigenvalue weighted by atomic mass is 32.2. The van der Waals surface area contributed by atoms with Crippen LogP contribution in [0.4, 0.5) is 5.13 Å². The Kier molecular flexibility index (Phi) is 6.08. The maximum Gasteiger partial charge on any atom is 0.270 e. The largest absolute Gasteiger partial charge is 0.296 e. The van der Waals surface area contributed by atoms with Crippen LogP contribution in [0.3, 0.4) is 0 Å². The van der Waals surface area contributed by atoms with Crippen molar-refractivity contribution in [1.29, 1.82) is 0 Å². The second kappa shape index (κ2) is 7.65. The number of amides is 1. The molecule has 0 unspecified atom stereocenters. The predicted octanol–water partition coefficient (Wildman–Crippen LogP) is 3.59. The monoisotopic (exact) mass is 410 g/mol. The Labute approximate surface area is 164 Å². The molecular weight excluding hydrogens is 384 g/mol. The van der Waals surface area contributed by atoms with Gasteiger partial charge in [-0.15, -0.1) is 10.2 Å². The van der Waals surface area contributed by atoms with Gasteiger partial charge < -0.3 is 0 Å². The molecule has 0 radical (unpaired) electrons. The quantitative estimate of drug-likeness (QED) is 0.709. The minimum Gasteiger partial charge on any atom is -0.296 e.